The maximum absolute atomic E-state index is 15.8. The third-order valence-corrected chi connectivity index (χ3v) is 9.14. The summed E-state index contributed by atoms with van der Waals surface area (Å²) in [6.07, 6.45) is 0. The molecule has 0 aliphatic carbocycles. The fraction of sp³-hybridized carbons (Fsp3) is 0.0455. The minimum absolute atomic E-state index is 0.219. The Bertz CT molecular complexity index is 2090. The number of nitrogens with zero attached hydrogens (tertiary/aromatic N) is 3. The summed E-state index contributed by atoms with van der Waals surface area (Å²) in [5, 5.41) is 0. The van der Waals surface area contributed by atoms with Crippen LogP contribution in [0.5, 0.6) is 0 Å². The van der Waals surface area contributed by atoms with Crippen molar-refractivity contribution in [2.45, 2.75) is 6.04 Å². The summed E-state index contributed by atoms with van der Waals surface area (Å²) in [4.78, 5) is 6.75. The lowest BCUT2D eigenvalue weighted by Crippen LogP contribution is -2.30. The molecule has 0 fully saturated rings. The summed E-state index contributed by atoms with van der Waals surface area (Å²) < 4.78 is 15.8. The highest BCUT2D eigenvalue weighted by Crippen LogP contribution is 2.51. The van der Waals surface area contributed by atoms with Crippen LogP contribution >= 0.6 is 0 Å². The second-order valence-corrected chi connectivity index (χ2v) is 12.0. The van der Waals surface area contributed by atoms with Gasteiger partial charge >= 0.3 is 0 Å². The lowest BCUT2D eigenvalue weighted by atomic mass is 9.84. The van der Waals surface area contributed by atoms with E-state index in [1.165, 1.54) is 0 Å². The van der Waals surface area contributed by atoms with E-state index in [9.17, 15) is 0 Å². The second kappa shape index (κ2) is 12.6. The van der Waals surface area contributed by atoms with Crippen molar-refractivity contribution in [1.82, 2.24) is 0 Å². The van der Waals surface area contributed by atoms with Crippen molar-refractivity contribution < 1.29 is 4.39 Å². The van der Waals surface area contributed by atoms with E-state index in [4.69, 9.17) is 0 Å². The smallest absolute Gasteiger partial charge is 0.128 e. The van der Waals surface area contributed by atoms with Crippen LogP contribution in [-0.2, 0) is 0 Å². The summed E-state index contributed by atoms with van der Waals surface area (Å²) >= 11 is 0. The minimum Gasteiger partial charge on any atom is -0.363 e. The van der Waals surface area contributed by atoms with Crippen LogP contribution in [0.4, 0.5) is 44.2 Å². The second-order valence-electron chi connectivity index (χ2n) is 12.0. The van der Waals surface area contributed by atoms with Gasteiger partial charge in [0.25, 0.3) is 0 Å². The van der Waals surface area contributed by atoms with Gasteiger partial charge in [0.15, 0.2) is 0 Å². The van der Waals surface area contributed by atoms with Crippen molar-refractivity contribution in [3.63, 3.8) is 0 Å². The number of para-hydroxylation sites is 4. The third kappa shape index (κ3) is 5.27. The van der Waals surface area contributed by atoms with Crippen LogP contribution in [0.15, 0.2) is 182 Å². The van der Waals surface area contributed by atoms with E-state index in [1.54, 1.807) is 12.1 Å². The fourth-order valence-electron chi connectivity index (χ4n) is 6.96. The zero-order chi connectivity index (χ0) is 32.5. The van der Waals surface area contributed by atoms with Crippen LogP contribution in [-0.4, -0.2) is 7.05 Å². The Kier molecular flexibility index (Phi) is 7.67. The largest absolute Gasteiger partial charge is 0.363 e. The van der Waals surface area contributed by atoms with Crippen molar-refractivity contribution in [3.05, 3.63) is 199 Å². The fourth-order valence-corrected chi connectivity index (χ4v) is 6.96. The normalized spacial score (nSPS) is 13.4. The molecule has 1 aliphatic heterocycles. The minimum atomic E-state index is -0.348. The highest BCUT2D eigenvalue weighted by molar-refractivity contribution is 5.91. The lowest BCUT2D eigenvalue weighted by Gasteiger charge is -2.40. The Morgan fingerprint density at radius 3 is 1.31 bits per heavy atom. The average molecular weight is 623 g/mol. The molecule has 8 rings (SSSR count). The van der Waals surface area contributed by atoms with Crippen molar-refractivity contribution in [2.24, 2.45) is 0 Å². The van der Waals surface area contributed by atoms with E-state index < -0.39 is 0 Å². The molecule has 0 saturated heterocycles. The molecule has 1 atom stereocenters. The topological polar surface area (TPSA) is 9.72 Å². The van der Waals surface area contributed by atoms with E-state index >= 15 is 4.39 Å². The molecule has 0 radical (unpaired) electrons. The first-order valence-corrected chi connectivity index (χ1v) is 16.2. The number of fused-ring (bicyclic) bond motifs is 3. The van der Waals surface area contributed by atoms with Gasteiger partial charge in [-0.15, -0.1) is 0 Å². The van der Waals surface area contributed by atoms with Gasteiger partial charge in [0.05, 0.1) is 6.04 Å². The highest BCUT2D eigenvalue weighted by atomic mass is 18.2. The molecule has 1 unspecified atom stereocenters. The molecule has 232 valence electrons. The molecule has 3 nitrogen and oxygen atoms in total. The predicted molar refractivity (Wildman–Crippen MR) is 198 cm³/mol. The SMILES string of the molecule is CN1c2cc(N(c3ccccc3)c3ccccc3)ccc2-c2ccc(N(c3ccccc3)c3ccccc3)cc2C1c1ccccc1[18F]. The molecule has 1 heterocycles. The van der Waals surface area contributed by atoms with Gasteiger partial charge in [0.2, 0.25) is 0 Å². The van der Waals surface area contributed by atoms with Crippen molar-refractivity contribution in [1.29, 1.82) is 0 Å². The first-order chi connectivity index (χ1) is 23.7. The van der Waals surface area contributed by atoms with Crippen molar-refractivity contribution >= 4 is 39.8 Å². The number of hydrogen-bond donors (Lipinski definition) is 0. The molecule has 0 spiro atoms. The molecular weight excluding hydrogens is 589 g/mol. The van der Waals surface area contributed by atoms with Gasteiger partial charge in [0.1, 0.15) is 5.82 Å². The van der Waals surface area contributed by atoms with Crippen molar-refractivity contribution in [3.8, 4) is 11.1 Å². The molecule has 0 N–H and O–H groups in total. The Morgan fingerprint density at radius 2 is 0.833 bits per heavy atom. The highest BCUT2D eigenvalue weighted by Gasteiger charge is 2.33. The van der Waals surface area contributed by atoms with Crippen LogP contribution in [0.25, 0.3) is 11.1 Å². The molecule has 4 heteroatoms. The van der Waals surface area contributed by atoms with Crippen LogP contribution in [0, 0.1) is 5.82 Å². The summed E-state index contributed by atoms with van der Waals surface area (Å²) in [6.45, 7) is 0. The Labute approximate surface area is 281 Å². The van der Waals surface area contributed by atoms with Gasteiger partial charge in [0, 0.05) is 58.0 Å². The monoisotopic (exact) mass is 622 g/mol. The summed E-state index contributed by atoms with van der Waals surface area (Å²) in [6, 6.07) is 61.7. The quantitative estimate of drug-likeness (QED) is 0.175. The number of rotatable bonds is 7. The van der Waals surface area contributed by atoms with Gasteiger partial charge in [-0.05, 0) is 90.0 Å². The van der Waals surface area contributed by atoms with Crippen LogP contribution in [0.2, 0.25) is 0 Å². The predicted octanol–water partition coefficient (Wildman–Crippen LogP) is 12.0. The van der Waals surface area contributed by atoms with E-state index in [2.05, 4.69) is 155 Å². The van der Waals surface area contributed by atoms with Gasteiger partial charge in [-0.2, -0.15) is 0 Å². The molecule has 7 aromatic rings. The first-order valence-electron chi connectivity index (χ1n) is 16.2. The van der Waals surface area contributed by atoms with Gasteiger partial charge in [-0.3, -0.25) is 0 Å². The molecule has 0 aromatic heterocycles. The maximum atomic E-state index is 15.8. The number of benzene rings is 7. The molecule has 7 aromatic carbocycles. The molecule has 0 saturated carbocycles. The van der Waals surface area contributed by atoms with Crippen molar-refractivity contribution in [2.75, 3.05) is 21.7 Å². The summed E-state index contributed by atoms with van der Waals surface area (Å²) in [5.41, 5.74) is 11.2. The molecular formula is C44H34FN3. The standard InChI is InChI=1S/C44H34FN3/c1-46-43-31-37(48(34-20-10-4-11-21-34)35-22-12-5-13-23-35)27-29-39(43)38-28-26-36(30-41(38)44(46)40-24-14-15-25-42(40)45)47(32-16-6-2-7-17-32)33-18-8-3-9-19-33/h2-31,44H,1H3/i45-1. The van der Waals surface area contributed by atoms with E-state index in [1.807, 2.05) is 36.4 Å². The summed E-state index contributed by atoms with van der Waals surface area (Å²) in [7, 11) is 2.08. The zero-order valence-corrected chi connectivity index (χ0v) is 26.6. The van der Waals surface area contributed by atoms with Gasteiger partial charge in [-0.25, -0.2) is 4.39 Å². The average Bonchev–Trinajstić information content (AvgIpc) is 3.14. The van der Waals surface area contributed by atoms with E-state index in [-0.39, 0.29) is 11.9 Å². The molecule has 48 heavy (non-hydrogen) atoms. The first kappa shape index (κ1) is 29.3. The summed E-state index contributed by atoms with van der Waals surface area (Å²) in [5.74, 6) is -0.219. The van der Waals surface area contributed by atoms with Crippen LogP contribution < -0.4 is 14.7 Å². The van der Waals surface area contributed by atoms with E-state index in [0.29, 0.717) is 5.56 Å². The molecule has 0 amide bonds. The molecule has 1 aliphatic rings. The Morgan fingerprint density at radius 1 is 0.417 bits per heavy atom. The number of anilines is 7. The van der Waals surface area contributed by atoms with E-state index in [0.717, 1.165) is 56.5 Å². The van der Waals surface area contributed by atoms with Crippen LogP contribution in [0.3, 0.4) is 0 Å². The van der Waals surface area contributed by atoms with Gasteiger partial charge < -0.3 is 14.7 Å². The maximum Gasteiger partial charge on any atom is 0.128 e. The number of hydrogen-bond acceptors (Lipinski definition) is 3. The van der Waals surface area contributed by atoms with Crippen LogP contribution in [0.1, 0.15) is 17.2 Å². The zero-order valence-electron chi connectivity index (χ0n) is 26.6. The number of halogens is 1. The third-order valence-electron chi connectivity index (χ3n) is 9.14. The Balaban J connectivity index is 1.32. The van der Waals surface area contributed by atoms with Gasteiger partial charge in [-0.1, -0.05) is 103 Å². The lowest BCUT2D eigenvalue weighted by molar-refractivity contribution is 0.593. The Hall–Kier alpha value is -6.13. The molecule has 0 bridgehead atoms.